The van der Waals surface area contributed by atoms with Crippen LogP contribution in [-0.2, 0) is 0 Å². The molecule has 0 heterocycles. The number of nitrogens with one attached hydrogen (secondary N) is 1. The summed E-state index contributed by atoms with van der Waals surface area (Å²) < 4.78 is 10.2. The molecular formula is C10H13N5O4. The molecule has 19 heavy (non-hydrogen) atoms. The van der Waals surface area contributed by atoms with Crippen LogP contribution in [0.2, 0.25) is 0 Å². The van der Waals surface area contributed by atoms with Gasteiger partial charge in [0.1, 0.15) is 16.6 Å². The Morgan fingerprint density at radius 2 is 2.21 bits per heavy atom. The summed E-state index contributed by atoms with van der Waals surface area (Å²) in [5.41, 5.74) is 8.02. The average molecular weight is 267 g/mol. The van der Waals surface area contributed by atoms with Crippen LogP contribution >= 0.6 is 0 Å². The second-order valence-corrected chi connectivity index (χ2v) is 3.20. The van der Waals surface area contributed by atoms with Crippen LogP contribution in [0, 0.1) is 10.1 Å². The lowest BCUT2D eigenvalue weighted by molar-refractivity contribution is -0.485. The molecule has 0 fully saturated rings. The van der Waals surface area contributed by atoms with Gasteiger partial charge in [0.25, 0.3) is 5.96 Å². The first-order valence-electron chi connectivity index (χ1n) is 5.06. The summed E-state index contributed by atoms with van der Waals surface area (Å²) in [6.45, 7) is 0. The molecule has 0 bridgehead atoms. The first-order valence-corrected chi connectivity index (χ1v) is 5.06. The minimum Gasteiger partial charge on any atom is -0.497 e. The highest BCUT2D eigenvalue weighted by Crippen LogP contribution is 2.22. The van der Waals surface area contributed by atoms with Crippen LogP contribution in [-0.4, -0.2) is 31.4 Å². The van der Waals surface area contributed by atoms with Gasteiger partial charge in [-0.1, -0.05) is 0 Å². The topological polar surface area (TPSA) is 124 Å². The molecule has 0 aromatic heterocycles. The van der Waals surface area contributed by atoms with E-state index in [0.717, 1.165) is 0 Å². The van der Waals surface area contributed by atoms with Crippen LogP contribution in [0.25, 0.3) is 0 Å². The van der Waals surface area contributed by atoms with Gasteiger partial charge in [0.05, 0.1) is 20.4 Å². The lowest BCUT2D eigenvalue weighted by Crippen LogP contribution is -2.28. The fourth-order valence-corrected chi connectivity index (χ4v) is 1.22. The van der Waals surface area contributed by atoms with Crippen LogP contribution in [0.5, 0.6) is 11.5 Å². The zero-order valence-corrected chi connectivity index (χ0v) is 10.4. The highest BCUT2D eigenvalue weighted by atomic mass is 16.7. The van der Waals surface area contributed by atoms with Crippen LogP contribution in [0.1, 0.15) is 5.56 Å². The predicted molar refractivity (Wildman–Crippen MR) is 68.9 cm³/mol. The van der Waals surface area contributed by atoms with Crippen molar-refractivity contribution in [2.24, 2.45) is 15.9 Å². The van der Waals surface area contributed by atoms with Crippen LogP contribution in [0.15, 0.2) is 28.4 Å². The Bertz CT molecular complexity index is 515. The maximum Gasteiger partial charge on any atom is 0.286 e. The summed E-state index contributed by atoms with van der Waals surface area (Å²) >= 11 is 0. The summed E-state index contributed by atoms with van der Waals surface area (Å²) in [6.07, 6.45) is 1.38. The molecule has 102 valence electrons. The molecule has 0 saturated carbocycles. The third-order valence-electron chi connectivity index (χ3n) is 2.01. The molecule has 0 spiro atoms. The van der Waals surface area contributed by atoms with Gasteiger partial charge >= 0.3 is 0 Å². The van der Waals surface area contributed by atoms with E-state index in [2.05, 4.69) is 15.6 Å². The van der Waals surface area contributed by atoms with Gasteiger partial charge in [-0.3, -0.25) is 0 Å². The Morgan fingerprint density at radius 3 is 2.79 bits per heavy atom. The van der Waals surface area contributed by atoms with Crippen molar-refractivity contribution in [2.45, 2.75) is 0 Å². The number of ether oxygens (including phenoxy) is 2. The second-order valence-electron chi connectivity index (χ2n) is 3.20. The quantitative estimate of drug-likeness (QED) is 0.338. The standard InChI is InChI=1S/C10H13N5O4/c1-18-8-3-4-9(19-2)7(5-8)6-12-13-10(11)14-15(16)17/h3-6H,1-2H3,(H3,11,13,14)/b12-6+. The zero-order valence-electron chi connectivity index (χ0n) is 10.4. The number of nitrogens with two attached hydrogens (primary N) is 1. The number of guanidine groups is 1. The van der Waals surface area contributed by atoms with Gasteiger partial charge in [-0.25, -0.2) is 15.5 Å². The fourth-order valence-electron chi connectivity index (χ4n) is 1.22. The van der Waals surface area contributed by atoms with Crippen molar-refractivity contribution in [2.75, 3.05) is 14.2 Å². The molecular weight excluding hydrogens is 254 g/mol. The van der Waals surface area contributed by atoms with E-state index in [1.165, 1.54) is 20.4 Å². The molecule has 0 aliphatic rings. The van der Waals surface area contributed by atoms with E-state index in [0.29, 0.717) is 17.1 Å². The minimum atomic E-state index is -0.927. The molecule has 0 unspecified atom stereocenters. The molecule has 9 nitrogen and oxygen atoms in total. The van der Waals surface area contributed by atoms with Gasteiger partial charge in [0.15, 0.2) is 5.03 Å². The second kappa shape index (κ2) is 6.79. The zero-order chi connectivity index (χ0) is 14.3. The van der Waals surface area contributed by atoms with Gasteiger partial charge in [-0.05, 0) is 18.2 Å². The molecule has 1 aromatic carbocycles. The number of nitrogens with zero attached hydrogens (tertiary/aromatic N) is 3. The van der Waals surface area contributed by atoms with Gasteiger partial charge < -0.3 is 15.2 Å². The molecule has 0 radical (unpaired) electrons. The molecule has 1 rings (SSSR count). The van der Waals surface area contributed by atoms with E-state index in [1.54, 1.807) is 18.2 Å². The minimum absolute atomic E-state index is 0.428. The van der Waals surface area contributed by atoms with E-state index in [1.807, 2.05) is 0 Å². The normalized spacial score (nSPS) is 11.4. The number of benzene rings is 1. The lowest BCUT2D eigenvalue weighted by Gasteiger charge is -2.06. The number of hydrazone groups is 2. The smallest absolute Gasteiger partial charge is 0.286 e. The van der Waals surface area contributed by atoms with Crippen molar-refractivity contribution in [1.82, 2.24) is 5.43 Å². The Labute approximate surface area is 108 Å². The average Bonchev–Trinajstić information content (AvgIpc) is 2.37. The van der Waals surface area contributed by atoms with E-state index in [4.69, 9.17) is 15.2 Å². The molecule has 3 N–H and O–H groups in total. The molecule has 9 heteroatoms. The fraction of sp³-hybridized carbons (Fsp3) is 0.200. The first-order chi connectivity index (χ1) is 9.06. The Kier molecular flexibility index (Phi) is 5.08. The van der Waals surface area contributed by atoms with Crippen molar-refractivity contribution >= 4 is 12.2 Å². The van der Waals surface area contributed by atoms with Crippen molar-refractivity contribution in [1.29, 1.82) is 0 Å². The summed E-state index contributed by atoms with van der Waals surface area (Å²) in [7, 11) is 3.04. The molecule has 0 amide bonds. The Morgan fingerprint density at radius 1 is 1.47 bits per heavy atom. The molecule has 0 saturated heterocycles. The lowest BCUT2D eigenvalue weighted by atomic mass is 10.2. The SMILES string of the molecule is COc1ccc(OC)c(/C=N/N/C(N)=N/[N+](=O)[O-])c1. The van der Waals surface area contributed by atoms with Crippen LogP contribution in [0.3, 0.4) is 0 Å². The van der Waals surface area contributed by atoms with Crippen LogP contribution in [0.4, 0.5) is 0 Å². The van der Waals surface area contributed by atoms with E-state index >= 15 is 0 Å². The van der Waals surface area contributed by atoms with Crippen molar-refractivity contribution in [3.8, 4) is 11.5 Å². The van der Waals surface area contributed by atoms with Crippen molar-refractivity contribution in [3.63, 3.8) is 0 Å². The van der Waals surface area contributed by atoms with Gasteiger partial charge in [-0.2, -0.15) is 5.10 Å². The summed E-state index contributed by atoms with van der Waals surface area (Å²) in [5, 5.41) is 15.6. The van der Waals surface area contributed by atoms with Gasteiger partial charge in [0.2, 0.25) is 0 Å². The number of rotatable bonds is 5. The summed E-state index contributed by atoms with van der Waals surface area (Å²) in [4.78, 5) is 10.0. The van der Waals surface area contributed by atoms with Crippen molar-refractivity contribution in [3.05, 3.63) is 33.9 Å². The number of hydrogen-bond donors (Lipinski definition) is 2. The molecule has 0 aliphatic heterocycles. The number of nitro groups is 1. The van der Waals surface area contributed by atoms with Crippen LogP contribution < -0.4 is 20.6 Å². The van der Waals surface area contributed by atoms with Crippen molar-refractivity contribution < 1.29 is 14.5 Å². The summed E-state index contributed by atoms with van der Waals surface area (Å²) in [5.74, 6) is 0.758. The van der Waals surface area contributed by atoms with E-state index in [9.17, 15) is 10.1 Å². The number of hydrogen-bond acceptors (Lipinski definition) is 5. The monoisotopic (exact) mass is 267 g/mol. The Hall–Kier alpha value is -2.84. The Balaban J connectivity index is 2.83. The molecule has 1 aromatic rings. The molecule has 0 atom stereocenters. The highest BCUT2D eigenvalue weighted by Gasteiger charge is 2.02. The van der Waals surface area contributed by atoms with E-state index in [-0.39, 0.29) is 0 Å². The van der Waals surface area contributed by atoms with E-state index < -0.39 is 11.0 Å². The first kappa shape index (κ1) is 14.2. The molecule has 0 aliphatic carbocycles. The van der Waals surface area contributed by atoms with Gasteiger partial charge in [0, 0.05) is 5.56 Å². The maximum atomic E-state index is 10.0. The maximum absolute atomic E-state index is 10.0. The largest absolute Gasteiger partial charge is 0.497 e. The summed E-state index contributed by atoms with van der Waals surface area (Å²) in [6, 6.07) is 5.12. The highest BCUT2D eigenvalue weighted by molar-refractivity contribution is 5.86. The van der Waals surface area contributed by atoms with Gasteiger partial charge in [-0.15, -0.1) is 0 Å². The number of methoxy groups -OCH3 is 2. The third kappa shape index (κ3) is 4.50. The third-order valence-corrected chi connectivity index (χ3v) is 2.01. The predicted octanol–water partition coefficient (Wildman–Crippen LogP) is 0.134.